The predicted molar refractivity (Wildman–Crippen MR) is 134 cm³/mol. The summed E-state index contributed by atoms with van der Waals surface area (Å²) in [5.41, 5.74) is 10.3. The number of H-pyrrole nitrogens is 1. The fraction of sp³-hybridized carbons (Fsp3) is 0.480. The van der Waals surface area contributed by atoms with Crippen LogP contribution < -0.4 is 5.73 Å². The van der Waals surface area contributed by atoms with Crippen molar-refractivity contribution in [1.82, 2.24) is 19.9 Å². The van der Waals surface area contributed by atoms with Crippen molar-refractivity contribution in [2.75, 3.05) is 25.9 Å². The molecule has 2 aliphatic rings. The number of amidine groups is 1. The molecule has 1 fully saturated rings. The number of allylic oxidation sites excluding steroid dienone is 2. The lowest BCUT2D eigenvalue weighted by atomic mass is 9.68. The van der Waals surface area contributed by atoms with Crippen LogP contribution in [-0.4, -0.2) is 57.9 Å². The van der Waals surface area contributed by atoms with Gasteiger partial charge in [-0.15, -0.1) is 0 Å². The minimum atomic E-state index is 0.0339. The SMILES string of the molecule is C=CC(=O)N1CCC2(CC=C(c3[nH]c4ncnc(N)c4c3C(N=CC(C)C)=NC)CC2)CC1. The Balaban J connectivity index is 1.67. The molecular weight excluding hydrogens is 414 g/mol. The van der Waals surface area contributed by atoms with Crippen LogP contribution in [-0.2, 0) is 4.79 Å². The molecule has 0 aromatic carbocycles. The van der Waals surface area contributed by atoms with Crippen molar-refractivity contribution < 1.29 is 4.79 Å². The molecule has 0 bridgehead atoms. The van der Waals surface area contributed by atoms with Gasteiger partial charge in [-0.25, -0.2) is 15.0 Å². The van der Waals surface area contributed by atoms with E-state index >= 15 is 0 Å². The second-order valence-corrected chi connectivity index (χ2v) is 9.39. The van der Waals surface area contributed by atoms with Crippen LogP contribution in [0.3, 0.4) is 0 Å². The van der Waals surface area contributed by atoms with Crippen LogP contribution in [0.4, 0.5) is 5.82 Å². The van der Waals surface area contributed by atoms with Crippen LogP contribution in [0.5, 0.6) is 0 Å². The summed E-state index contributed by atoms with van der Waals surface area (Å²) in [7, 11) is 1.75. The number of carbonyl (C=O) groups is 1. The molecule has 0 unspecified atom stereocenters. The standard InChI is InChI=1S/C25H33N7O/c1-5-18(33)32-12-10-25(11-13-32)8-6-17(7-9-25)21-19(23(27-4)28-14-16(2)3)20-22(26)29-15-30-24(20)31-21/h5-6,14-16H,1,7-13H2,2-4H3,(H3,26,29,30,31). The zero-order valence-corrected chi connectivity index (χ0v) is 19.8. The minimum absolute atomic E-state index is 0.0339. The van der Waals surface area contributed by atoms with Gasteiger partial charge in [-0.05, 0) is 55.1 Å². The highest BCUT2D eigenvalue weighted by Crippen LogP contribution is 2.46. The van der Waals surface area contributed by atoms with Gasteiger partial charge in [0.25, 0.3) is 0 Å². The average molecular weight is 448 g/mol. The van der Waals surface area contributed by atoms with Crippen LogP contribution in [0.25, 0.3) is 16.6 Å². The number of piperidine rings is 1. The first-order valence-corrected chi connectivity index (χ1v) is 11.6. The second-order valence-electron chi connectivity index (χ2n) is 9.39. The summed E-state index contributed by atoms with van der Waals surface area (Å²) < 4.78 is 0. The summed E-state index contributed by atoms with van der Waals surface area (Å²) in [4.78, 5) is 35.1. The molecule has 0 saturated carbocycles. The Labute approximate surface area is 194 Å². The second kappa shape index (κ2) is 9.29. The maximum absolute atomic E-state index is 12.0. The number of fused-ring (bicyclic) bond motifs is 1. The number of rotatable bonds is 4. The topological polar surface area (TPSA) is 113 Å². The minimum Gasteiger partial charge on any atom is -0.383 e. The molecule has 0 radical (unpaired) electrons. The van der Waals surface area contributed by atoms with E-state index in [1.807, 2.05) is 11.1 Å². The molecular formula is C25H33N7O. The van der Waals surface area contributed by atoms with Crippen molar-refractivity contribution in [3.05, 3.63) is 36.3 Å². The predicted octanol–water partition coefficient (Wildman–Crippen LogP) is 4.01. The molecule has 2 aromatic heterocycles. The highest BCUT2D eigenvalue weighted by atomic mass is 16.2. The number of amides is 1. The summed E-state index contributed by atoms with van der Waals surface area (Å²) in [5.74, 6) is 1.39. The van der Waals surface area contributed by atoms with Crippen molar-refractivity contribution in [1.29, 1.82) is 0 Å². The van der Waals surface area contributed by atoms with E-state index in [0.29, 0.717) is 23.2 Å². The number of anilines is 1. The summed E-state index contributed by atoms with van der Waals surface area (Å²) in [6, 6.07) is 0. The first kappa shape index (κ1) is 22.9. The van der Waals surface area contributed by atoms with E-state index in [0.717, 1.165) is 61.8 Å². The summed E-state index contributed by atoms with van der Waals surface area (Å²) in [6.45, 7) is 9.39. The van der Waals surface area contributed by atoms with Crippen molar-refractivity contribution in [3.8, 4) is 0 Å². The Kier molecular flexibility index (Phi) is 6.44. The van der Waals surface area contributed by atoms with Gasteiger partial charge in [-0.1, -0.05) is 26.5 Å². The lowest BCUT2D eigenvalue weighted by Gasteiger charge is -2.43. The van der Waals surface area contributed by atoms with Gasteiger partial charge in [-0.2, -0.15) is 0 Å². The third-order valence-corrected chi connectivity index (χ3v) is 6.89. The molecule has 1 spiro atoms. The van der Waals surface area contributed by atoms with Gasteiger partial charge < -0.3 is 15.6 Å². The third kappa shape index (κ3) is 4.47. The monoisotopic (exact) mass is 447 g/mol. The van der Waals surface area contributed by atoms with Crippen molar-refractivity contribution in [3.63, 3.8) is 0 Å². The number of nitrogens with one attached hydrogen (secondary N) is 1. The Morgan fingerprint density at radius 1 is 1.30 bits per heavy atom. The van der Waals surface area contributed by atoms with E-state index < -0.39 is 0 Å². The van der Waals surface area contributed by atoms with Crippen molar-refractivity contribution in [2.24, 2.45) is 21.3 Å². The van der Waals surface area contributed by atoms with Crippen LogP contribution >= 0.6 is 0 Å². The van der Waals surface area contributed by atoms with E-state index in [1.165, 1.54) is 18.0 Å². The zero-order chi connectivity index (χ0) is 23.6. The number of hydrogen-bond acceptors (Lipinski definition) is 5. The fourth-order valence-corrected chi connectivity index (χ4v) is 4.92. The maximum Gasteiger partial charge on any atom is 0.245 e. The average Bonchev–Trinajstić information content (AvgIpc) is 3.21. The van der Waals surface area contributed by atoms with Crippen molar-refractivity contribution >= 4 is 40.4 Å². The largest absolute Gasteiger partial charge is 0.383 e. The fourth-order valence-electron chi connectivity index (χ4n) is 4.92. The van der Waals surface area contributed by atoms with Gasteiger partial charge in [0.2, 0.25) is 5.91 Å². The van der Waals surface area contributed by atoms with E-state index in [2.05, 4.69) is 51.4 Å². The lowest BCUT2D eigenvalue weighted by molar-refractivity contribution is -0.128. The summed E-state index contributed by atoms with van der Waals surface area (Å²) in [6.07, 6.45) is 12.2. The van der Waals surface area contributed by atoms with Gasteiger partial charge in [0.15, 0.2) is 5.84 Å². The smallest absolute Gasteiger partial charge is 0.245 e. The number of carbonyl (C=O) groups excluding carboxylic acids is 1. The Hall–Kier alpha value is -3.29. The van der Waals surface area contributed by atoms with Gasteiger partial charge in [0.1, 0.15) is 17.8 Å². The van der Waals surface area contributed by atoms with Gasteiger partial charge >= 0.3 is 0 Å². The van der Waals surface area contributed by atoms with Gasteiger partial charge in [0, 0.05) is 26.4 Å². The van der Waals surface area contributed by atoms with E-state index in [-0.39, 0.29) is 11.3 Å². The Morgan fingerprint density at radius 3 is 2.67 bits per heavy atom. The highest BCUT2D eigenvalue weighted by molar-refractivity contribution is 6.17. The summed E-state index contributed by atoms with van der Waals surface area (Å²) in [5, 5.41) is 0.770. The summed E-state index contributed by atoms with van der Waals surface area (Å²) >= 11 is 0. The first-order valence-electron chi connectivity index (χ1n) is 11.6. The number of likely N-dealkylation sites (tertiary alicyclic amines) is 1. The van der Waals surface area contributed by atoms with E-state index in [4.69, 9.17) is 5.73 Å². The highest BCUT2D eigenvalue weighted by Gasteiger charge is 2.37. The molecule has 1 aliphatic heterocycles. The Morgan fingerprint density at radius 2 is 2.06 bits per heavy atom. The quantitative estimate of drug-likeness (QED) is 0.419. The van der Waals surface area contributed by atoms with Crippen molar-refractivity contribution in [2.45, 2.75) is 46.0 Å². The molecule has 174 valence electrons. The number of hydrogen-bond donors (Lipinski definition) is 2. The number of aromatic amines is 1. The molecule has 33 heavy (non-hydrogen) atoms. The van der Waals surface area contributed by atoms with Crippen LogP contribution in [0.15, 0.2) is 35.0 Å². The van der Waals surface area contributed by atoms with Crippen LogP contribution in [0.1, 0.15) is 57.2 Å². The molecule has 8 heteroatoms. The van der Waals surface area contributed by atoms with E-state index in [9.17, 15) is 4.79 Å². The van der Waals surface area contributed by atoms with Gasteiger partial charge in [-0.3, -0.25) is 9.79 Å². The Bertz CT molecular complexity index is 1150. The molecule has 4 rings (SSSR count). The molecule has 0 atom stereocenters. The van der Waals surface area contributed by atoms with Crippen LogP contribution in [0, 0.1) is 11.3 Å². The van der Waals surface area contributed by atoms with E-state index in [1.54, 1.807) is 7.05 Å². The molecule has 3 heterocycles. The number of aromatic nitrogens is 3. The molecule has 8 nitrogen and oxygen atoms in total. The third-order valence-electron chi connectivity index (χ3n) is 6.89. The molecule has 1 aliphatic carbocycles. The zero-order valence-electron chi connectivity index (χ0n) is 19.8. The maximum atomic E-state index is 12.0. The molecule has 3 N–H and O–H groups in total. The number of nitrogens with zero attached hydrogens (tertiary/aromatic N) is 5. The number of nitrogen functional groups attached to an aromatic ring is 1. The number of aliphatic imine (C=N–C) groups is 2. The molecule has 1 saturated heterocycles. The number of nitrogens with two attached hydrogens (primary N) is 1. The lowest BCUT2D eigenvalue weighted by Crippen LogP contribution is -2.43. The van der Waals surface area contributed by atoms with Gasteiger partial charge in [0.05, 0.1) is 16.6 Å². The normalized spacial score (nSPS) is 19.0. The molecule has 2 aromatic rings. The molecule has 1 amide bonds. The first-order chi connectivity index (χ1) is 15.9. The van der Waals surface area contributed by atoms with Crippen LogP contribution in [0.2, 0.25) is 0 Å².